The fourth-order valence-electron chi connectivity index (χ4n) is 3.19. The van der Waals surface area contributed by atoms with E-state index in [2.05, 4.69) is 11.8 Å². The Bertz CT molecular complexity index is 388. The van der Waals surface area contributed by atoms with Crippen LogP contribution in [-0.4, -0.2) is 77.6 Å². The van der Waals surface area contributed by atoms with Gasteiger partial charge in [-0.25, -0.2) is 4.79 Å². The Morgan fingerprint density at radius 2 is 1.86 bits per heavy atom. The van der Waals surface area contributed by atoms with Crippen molar-refractivity contribution in [2.45, 2.75) is 32.7 Å². The van der Waals surface area contributed by atoms with Gasteiger partial charge in [0.15, 0.2) is 0 Å². The van der Waals surface area contributed by atoms with E-state index in [0.717, 1.165) is 32.5 Å². The molecule has 1 unspecified atom stereocenters. The number of carboxylic acids is 1. The number of aliphatic carboxylic acids is 1. The lowest BCUT2D eigenvalue weighted by atomic mass is 9.87. The Hall–Kier alpha value is -1.30. The lowest BCUT2D eigenvalue weighted by Crippen LogP contribution is -2.59. The zero-order valence-electron chi connectivity index (χ0n) is 13.3. The summed E-state index contributed by atoms with van der Waals surface area (Å²) in [7, 11) is 1.88. The number of carboxylic acid groups (broad SMARTS) is 1. The lowest BCUT2D eigenvalue weighted by molar-refractivity contribution is -0.144. The van der Waals surface area contributed by atoms with Crippen LogP contribution >= 0.6 is 0 Å². The first-order valence-electron chi connectivity index (χ1n) is 7.91. The highest BCUT2D eigenvalue weighted by Crippen LogP contribution is 2.26. The standard InChI is InChI=1S/C15H27N3O3/c1-4-17-7-5-13(6-8-17)16(3)15(21)18-9-12(10-18)11(2)14(19)20/h11-13H,4-10H2,1-3H3,(H,19,20). The van der Waals surface area contributed by atoms with Crippen LogP contribution in [0.5, 0.6) is 0 Å². The number of amides is 2. The van der Waals surface area contributed by atoms with Gasteiger partial charge in [0, 0.05) is 45.2 Å². The van der Waals surface area contributed by atoms with E-state index in [1.54, 1.807) is 11.8 Å². The van der Waals surface area contributed by atoms with Crippen molar-refractivity contribution in [3.63, 3.8) is 0 Å². The maximum atomic E-state index is 12.4. The minimum Gasteiger partial charge on any atom is -0.481 e. The van der Waals surface area contributed by atoms with Gasteiger partial charge in [-0.05, 0) is 19.4 Å². The number of rotatable bonds is 4. The summed E-state index contributed by atoms with van der Waals surface area (Å²) in [5.41, 5.74) is 0. The number of carbonyl (C=O) groups excluding carboxylic acids is 1. The molecule has 0 bridgehead atoms. The summed E-state index contributed by atoms with van der Waals surface area (Å²) in [5.74, 6) is -1.04. The van der Waals surface area contributed by atoms with Gasteiger partial charge in [-0.3, -0.25) is 4.79 Å². The van der Waals surface area contributed by atoms with E-state index in [-0.39, 0.29) is 17.9 Å². The van der Waals surface area contributed by atoms with Gasteiger partial charge in [0.25, 0.3) is 0 Å². The number of hydrogen-bond acceptors (Lipinski definition) is 3. The zero-order valence-corrected chi connectivity index (χ0v) is 13.3. The smallest absolute Gasteiger partial charge is 0.320 e. The van der Waals surface area contributed by atoms with Crippen LogP contribution in [0.1, 0.15) is 26.7 Å². The monoisotopic (exact) mass is 297 g/mol. The Labute approximate surface area is 126 Å². The van der Waals surface area contributed by atoms with E-state index in [4.69, 9.17) is 5.11 Å². The van der Waals surface area contributed by atoms with Gasteiger partial charge in [0.05, 0.1) is 5.92 Å². The maximum Gasteiger partial charge on any atom is 0.320 e. The molecule has 2 saturated heterocycles. The normalized spacial score (nSPS) is 22.7. The minimum atomic E-state index is -0.771. The molecular weight excluding hydrogens is 270 g/mol. The molecule has 0 spiro atoms. The van der Waals surface area contributed by atoms with Crippen molar-refractivity contribution in [2.75, 3.05) is 39.8 Å². The SMILES string of the molecule is CCN1CCC(N(C)C(=O)N2CC(C(C)C(=O)O)C2)CC1. The molecule has 21 heavy (non-hydrogen) atoms. The minimum absolute atomic E-state index is 0.0544. The number of hydrogen-bond donors (Lipinski definition) is 1. The highest BCUT2D eigenvalue weighted by Gasteiger charge is 2.39. The molecule has 0 saturated carbocycles. The Morgan fingerprint density at radius 3 is 2.33 bits per heavy atom. The molecule has 0 aromatic carbocycles. The van der Waals surface area contributed by atoms with E-state index in [9.17, 15) is 9.59 Å². The van der Waals surface area contributed by atoms with Crippen LogP contribution in [0.3, 0.4) is 0 Å². The van der Waals surface area contributed by atoms with Crippen LogP contribution in [-0.2, 0) is 4.79 Å². The first-order valence-corrected chi connectivity index (χ1v) is 7.91. The van der Waals surface area contributed by atoms with E-state index in [0.29, 0.717) is 19.1 Å². The molecule has 0 aromatic rings. The summed E-state index contributed by atoms with van der Waals surface area (Å²) in [5, 5.41) is 8.99. The molecule has 0 aliphatic carbocycles. The third-order valence-electron chi connectivity index (χ3n) is 5.13. The number of nitrogens with zero attached hydrogens (tertiary/aromatic N) is 3. The highest BCUT2D eigenvalue weighted by atomic mass is 16.4. The van der Waals surface area contributed by atoms with Crippen molar-refractivity contribution >= 4 is 12.0 Å². The zero-order chi connectivity index (χ0) is 15.6. The predicted octanol–water partition coefficient (Wildman–Crippen LogP) is 1.17. The predicted molar refractivity (Wildman–Crippen MR) is 80.2 cm³/mol. The first-order chi connectivity index (χ1) is 9.93. The number of urea groups is 1. The molecule has 6 nitrogen and oxygen atoms in total. The molecule has 2 amide bonds. The lowest BCUT2D eigenvalue weighted by Gasteiger charge is -2.45. The van der Waals surface area contributed by atoms with Gasteiger partial charge in [0.2, 0.25) is 0 Å². The molecule has 1 N–H and O–H groups in total. The summed E-state index contributed by atoms with van der Waals surface area (Å²) < 4.78 is 0. The average molecular weight is 297 g/mol. The number of likely N-dealkylation sites (tertiary alicyclic amines) is 2. The third-order valence-corrected chi connectivity index (χ3v) is 5.13. The Kier molecular flexibility index (Phi) is 5.08. The Morgan fingerprint density at radius 1 is 1.29 bits per heavy atom. The fourth-order valence-corrected chi connectivity index (χ4v) is 3.19. The molecule has 2 fully saturated rings. The number of carbonyl (C=O) groups is 2. The van der Waals surface area contributed by atoms with Crippen LogP contribution in [0.25, 0.3) is 0 Å². The number of piperidine rings is 1. The summed E-state index contributed by atoms with van der Waals surface area (Å²) >= 11 is 0. The van der Waals surface area contributed by atoms with E-state index >= 15 is 0 Å². The van der Waals surface area contributed by atoms with Crippen LogP contribution in [0.2, 0.25) is 0 Å². The maximum absolute atomic E-state index is 12.4. The highest BCUT2D eigenvalue weighted by molar-refractivity contribution is 5.76. The van der Waals surface area contributed by atoms with Crippen LogP contribution in [0, 0.1) is 11.8 Å². The third kappa shape index (κ3) is 3.48. The summed E-state index contributed by atoms with van der Waals surface area (Å²) in [6.45, 7) is 8.22. The van der Waals surface area contributed by atoms with Crippen LogP contribution in [0.15, 0.2) is 0 Å². The van der Waals surface area contributed by atoms with Gasteiger partial charge >= 0.3 is 12.0 Å². The molecule has 0 radical (unpaired) electrons. The van der Waals surface area contributed by atoms with Crippen molar-refractivity contribution in [3.05, 3.63) is 0 Å². The molecule has 2 aliphatic rings. The average Bonchev–Trinajstić information content (AvgIpc) is 2.44. The first kappa shape index (κ1) is 16.1. The van der Waals surface area contributed by atoms with Crippen LogP contribution < -0.4 is 0 Å². The van der Waals surface area contributed by atoms with E-state index < -0.39 is 5.97 Å². The van der Waals surface area contributed by atoms with E-state index in [1.165, 1.54) is 0 Å². The van der Waals surface area contributed by atoms with Gasteiger partial charge in [-0.1, -0.05) is 13.8 Å². The largest absolute Gasteiger partial charge is 0.481 e. The molecule has 6 heteroatoms. The second kappa shape index (κ2) is 6.64. The van der Waals surface area contributed by atoms with Gasteiger partial charge in [0.1, 0.15) is 0 Å². The second-order valence-electron chi connectivity index (χ2n) is 6.35. The molecule has 2 aliphatic heterocycles. The summed E-state index contributed by atoms with van der Waals surface area (Å²) in [4.78, 5) is 29.4. The molecule has 120 valence electrons. The molecule has 2 heterocycles. The van der Waals surface area contributed by atoms with Crippen molar-refractivity contribution < 1.29 is 14.7 Å². The quantitative estimate of drug-likeness (QED) is 0.846. The summed E-state index contributed by atoms with van der Waals surface area (Å²) in [6, 6.07) is 0.370. The fraction of sp³-hybridized carbons (Fsp3) is 0.867. The van der Waals surface area contributed by atoms with Gasteiger partial charge < -0.3 is 19.8 Å². The van der Waals surface area contributed by atoms with E-state index in [1.807, 2.05) is 11.9 Å². The van der Waals surface area contributed by atoms with Crippen molar-refractivity contribution in [1.29, 1.82) is 0 Å². The van der Waals surface area contributed by atoms with Crippen LogP contribution in [0.4, 0.5) is 4.79 Å². The molecular formula is C15H27N3O3. The molecule has 2 rings (SSSR count). The Balaban J connectivity index is 1.78. The summed E-state index contributed by atoms with van der Waals surface area (Å²) in [6.07, 6.45) is 2.05. The van der Waals surface area contributed by atoms with Crippen molar-refractivity contribution in [1.82, 2.24) is 14.7 Å². The second-order valence-corrected chi connectivity index (χ2v) is 6.35. The van der Waals surface area contributed by atoms with Gasteiger partial charge in [-0.2, -0.15) is 0 Å². The topological polar surface area (TPSA) is 64.1 Å². The van der Waals surface area contributed by atoms with Gasteiger partial charge in [-0.15, -0.1) is 0 Å². The molecule has 1 atom stereocenters. The molecule has 0 aromatic heterocycles. The van der Waals surface area contributed by atoms with Crippen molar-refractivity contribution in [3.8, 4) is 0 Å². The van der Waals surface area contributed by atoms with Crippen molar-refractivity contribution in [2.24, 2.45) is 11.8 Å².